The lowest BCUT2D eigenvalue weighted by molar-refractivity contribution is -0.150. The van der Waals surface area contributed by atoms with Gasteiger partial charge in [0.25, 0.3) is 0 Å². The Morgan fingerprint density at radius 1 is 1.15 bits per heavy atom. The van der Waals surface area contributed by atoms with E-state index in [0.29, 0.717) is 18.8 Å². The molecule has 2 atom stereocenters. The Kier molecular flexibility index (Phi) is 3.51. The lowest BCUT2D eigenvalue weighted by Crippen LogP contribution is -2.57. The van der Waals surface area contributed by atoms with Crippen molar-refractivity contribution in [2.45, 2.75) is 63.8 Å². The van der Waals surface area contributed by atoms with E-state index < -0.39 is 11.5 Å². The standard InChI is InChI=1S/C16H25NO3/c1-2-10-3-5-16(6-4-10,15(19)20)17-14(18)13-8-11-7-12(11)9-13/h10-13H,2-9H2,1H3,(H,17,18)(H,19,20). The minimum Gasteiger partial charge on any atom is -0.480 e. The van der Waals surface area contributed by atoms with E-state index in [1.54, 1.807) is 0 Å². The van der Waals surface area contributed by atoms with Crippen molar-refractivity contribution in [2.75, 3.05) is 0 Å². The molecule has 0 radical (unpaired) electrons. The fourth-order valence-corrected chi connectivity index (χ4v) is 4.24. The minimum atomic E-state index is -0.991. The van der Waals surface area contributed by atoms with Crippen molar-refractivity contribution in [3.8, 4) is 0 Å². The Bertz CT molecular complexity index is 402. The molecule has 0 aromatic carbocycles. The molecule has 0 aromatic heterocycles. The maximum atomic E-state index is 12.4. The maximum Gasteiger partial charge on any atom is 0.329 e. The van der Waals surface area contributed by atoms with Crippen molar-refractivity contribution in [2.24, 2.45) is 23.7 Å². The molecule has 3 aliphatic carbocycles. The molecule has 4 nitrogen and oxygen atoms in total. The summed E-state index contributed by atoms with van der Waals surface area (Å²) >= 11 is 0. The highest BCUT2D eigenvalue weighted by atomic mass is 16.4. The van der Waals surface area contributed by atoms with E-state index in [1.807, 2.05) is 0 Å². The van der Waals surface area contributed by atoms with E-state index in [1.165, 1.54) is 6.42 Å². The summed E-state index contributed by atoms with van der Waals surface area (Å²) in [7, 11) is 0. The van der Waals surface area contributed by atoms with Gasteiger partial charge in [-0.1, -0.05) is 13.3 Å². The van der Waals surface area contributed by atoms with Crippen LogP contribution in [0.1, 0.15) is 58.3 Å². The Morgan fingerprint density at radius 2 is 1.75 bits per heavy atom. The number of carbonyl (C=O) groups is 2. The lowest BCUT2D eigenvalue weighted by atomic mass is 9.75. The smallest absolute Gasteiger partial charge is 0.329 e. The van der Waals surface area contributed by atoms with Gasteiger partial charge in [0.05, 0.1) is 0 Å². The number of rotatable bonds is 4. The summed E-state index contributed by atoms with van der Waals surface area (Å²) in [4.78, 5) is 24.0. The maximum absolute atomic E-state index is 12.4. The zero-order valence-electron chi connectivity index (χ0n) is 12.2. The highest BCUT2D eigenvalue weighted by molar-refractivity contribution is 5.88. The molecule has 2 unspecified atom stereocenters. The van der Waals surface area contributed by atoms with E-state index in [4.69, 9.17) is 0 Å². The first-order valence-corrected chi connectivity index (χ1v) is 8.09. The van der Waals surface area contributed by atoms with Gasteiger partial charge < -0.3 is 10.4 Å². The van der Waals surface area contributed by atoms with Gasteiger partial charge in [0.2, 0.25) is 5.91 Å². The Hall–Kier alpha value is -1.06. The topological polar surface area (TPSA) is 66.4 Å². The molecule has 3 fully saturated rings. The second-order valence-corrected chi connectivity index (χ2v) is 7.15. The third-order valence-electron chi connectivity index (χ3n) is 5.92. The van der Waals surface area contributed by atoms with Crippen molar-refractivity contribution >= 4 is 11.9 Å². The number of aliphatic carboxylic acids is 1. The Labute approximate surface area is 120 Å². The highest BCUT2D eigenvalue weighted by Gasteiger charge is 2.50. The summed E-state index contributed by atoms with van der Waals surface area (Å²) in [5.41, 5.74) is -0.991. The largest absolute Gasteiger partial charge is 0.480 e. The SMILES string of the molecule is CCC1CCC(NC(=O)C2CC3CC3C2)(C(=O)O)CC1. The molecule has 0 saturated heterocycles. The second-order valence-electron chi connectivity index (χ2n) is 7.15. The molecule has 3 aliphatic rings. The number of hydrogen-bond acceptors (Lipinski definition) is 2. The van der Waals surface area contributed by atoms with Gasteiger partial charge in [-0.3, -0.25) is 4.79 Å². The first-order valence-electron chi connectivity index (χ1n) is 8.09. The van der Waals surface area contributed by atoms with Crippen molar-refractivity contribution in [1.82, 2.24) is 5.32 Å². The van der Waals surface area contributed by atoms with Crippen LogP contribution in [0.4, 0.5) is 0 Å². The molecule has 1 amide bonds. The number of carboxylic acid groups (broad SMARTS) is 1. The quantitative estimate of drug-likeness (QED) is 0.831. The van der Waals surface area contributed by atoms with Gasteiger partial charge >= 0.3 is 5.97 Å². The summed E-state index contributed by atoms with van der Waals surface area (Å²) in [5.74, 6) is 1.35. The van der Waals surface area contributed by atoms with Crippen LogP contribution in [0, 0.1) is 23.7 Å². The van der Waals surface area contributed by atoms with Gasteiger partial charge in [0.1, 0.15) is 5.54 Å². The Morgan fingerprint density at radius 3 is 2.25 bits per heavy atom. The van der Waals surface area contributed by atoms with Crippen molar-refractivity contribution < 1.29 is 14.7 Å². The van der Waals surface area contributed by atoms with E-state index in [0.717, 1.165) is 43.9 Å². The van der Waals surface area contributed by atoms with Crippen LogP contribution in [-0.2, 0) is 9.59 Å². The zero-order chi connectivity index (χ0) is 14.3. The minimum absolute atomic E-state index is 0.00505. The fraction of sp³-hybridized carbons (Fsp3) is 0.875. The van der Waals surface area contributed by atoms with Gasteiger partial charge in [-0.25, -0.2) is 4.79 Å². The van der Waals surface area contributed by atoms with Crippen molar-refractivity contribution in [3.63, 3.8) is 0 Å². The van der Waals surface area contributed by atoms with E-state index in [2.05, 4.69) is 12.2 Å². The molecule has 3 saturated carbocycles. The summed E-state index contributed by atoms with van der Waals surface area (Å²) in [6.45, 7) is 2.15. The van der Waals surface area contributed by atoms with Crippen LogP contribution in [0.25, 0.3) is 0 Å². The van der Waals surface area contributed by atoms with Gasteiger partial charge in [0.15, 0.2) is 0 Å². The van der Waals surface area contributed by atoms with Crippen LogP contribution < -0.4 is 5.32 Å². The molecular formula is C16H25NO3. The van der Waals surface area contributed by atoms with Crippen molar-refractivity contribution in [3.05, 3.63) is 0 Å². The normalized spacial score (nSPS) is 42.9. The molecule has 3 rings (SSSR count). The first kappa shape index (κ1) is 13.9. The number of nitrogens with one attached hydrogen (secondary N) is 1. The molecule has 0 bridgehead atoms. The average Bonchev–Trinajstić information content (AvgIpc) is 3.05. The van der Waals surface area contributed by atoms with Gasteiger partial charge in [-0.2, -0.15) is 0 Å². The number of fused-ring (bicyclic) bond motifs is 1. The number of carboxylic acids is 1. The summed E-state index contributed by atoms with van der Waals surface area (Å²) in [5, 5.41) is 12.5. The predicted molar refractivity (Wildman–Crippen MR) is 75.1 cm³/mol. The summed E-state index contributed by atoms with van der Waals surface area (Å²) < 4.78 is 0. The van der Waals surface area contributed by atoms with Crippen molar-refractivity contribution in [1.29, 1.82) is 0 Å². The number of amides is 1. The molecule has 20 heavy (non-hydrogen) atoms. The molecule has 0 heterocycles. The van der Waals surface area contributed by atoms with E-state index in [9.17, 15) is 14.7 Å². The van der Waals surface area contributed by atoms with Crippen LogP contribution in [-0.4, -0.2) is 22.5 Å². The monoisotopic (exact) mass is 279 g/mol. The molecule has 0 aliphatic heterocycles. The highest BCUT2D eigenvalue weighted by Crippen LogP contribution is 2.54. The summed E-state index contributed by atoms with van der Waals surface area (Å²) in [6.07, 6.45) is 7.35. The summed E-state index contributed by atoms with van der Waals surface area (Å²) in [6, 6.07) is 0. The van der Waals surface area contributed by atoms with Gasteiger partial charge in [-0.15, -0.1) is 0 Å². The predicted octanol–water partition coefficient (Wildman–Crippen LogP) is 2.57. The van der Waals surface area contributed by atoms with Crippen LogP contribution in [0.3, 0.4) is 0 Å². The molecule has 2 N–H and O–H groups in total. The average molecular weight is 279 g/mol. The molecular weight excluding hydrogens is 254 g/mol. The number of carbonyl (C=O) groups excluding carboxylic acids is 1. The Balaban J connectivity index is 1.62. The molecule has 4 heteroatoms. The molecule has 0 aromatic rings. The first-order chi connectivity index (χ1) is 9.54. The second kappa shape index (κ2) is 5.05. The molecule has 0 spiro atoms. The van der Waals surface area contributed by atoms with Gasteiger partial charge in [0, 0.05) is 5.92 Å². The lowest BCUT2D eigenvalue weighted by Gasteiger charge is -2.38. The van der Waals surface area contributed by atoms with Crippen LogP contribution >= 0.6 is 0 Å². The van der Waals surface area contributed by atoms with Crippen LogP contribution in [0.15, 0.2) is 0 Å². The number of hydrogen-bond donors (Lipinski definition) is 2. The van der Waals surface area contributed by atoms with Crippen LogP contribution in [0.2, 0.25) is 0 Å². The van der Waals surface area contributed by atoms with E-state index in [-0.39, 0.29) is 11.8 Å². The third kappa shape index (κ3) is 2.45. The fourth-order valence-electron chi connectivity index (χ4n) is 4.24. The van der Waals surface area contributed by atoms with Gasteiger partial charge in [-0.05, 0) is 62.7 Å². The van der Waals surface area contributed by atoms with E-state index >= 15 is 0 Å². The third-order valence-corrected chi connectivity index (χ3v) is 5.92. The zero-order valence-corrected chi connectivity index (χ0v) is 12.2. The molecule has 112 valence electrons. The van der Waals surface area contributed by atoms with Crippen LogP contribution in [0.5, 0.6) is 0 Å².